The van der Waals surface area contributed by atoms with Crippen molar-refractivity contribution >= 4 is 17.3 Å². The Morgan fingerprint density at radius 1 is 1.40 bits per heavy atom. The Balaban J connectivity index is 2.87. The fourth-order valence-corrected chi connectivity index (χ4v) is 0.974. The minimum absolute atomic E-state index is 0.0845. The van der Waals surface area contributed by atoms with E-state index in [4.69, 9.17) is 10.8 Å². The highest BCUT2D eigenvalue weighted by atomic mass is 16.3. The van der Waals surface area contributed by atoms with E-state index < -0.39 is 5.41 Å². The predicted octanol–water partition coefficient (Wildman–Crippen LogP) is 1.96. The molecule has 0 aromatic heterocycles. The van der Waals surface area contributed by atoms with Crippen molar-refractivity contribution < 1.29 is 9.90 Å². The first-order valence-corrected chi connectivity index (χ1v) is 4.70. The zero-order valence-electron chi connectivity index (χ0n) is 9.16. The number of phenols is 1. The number of nitrogen functional groups attached to an aromatic ring is 1. The molecule has 0 aliphatic heterocycles. The second-order valence-electron chi connectivity index (χ2n) is 4.48. The molecule has 15 heavy (non-hydrogen) atoms. The highest BCUT2D eigenvalue weighted by molar-refractivity contribution is 5.97. The summed E-state index contributed by atoms with van der Waals surface area (Å²) in [6.07, 6.45) is 0. The van der Waals surface area contributed by atoms with E-state index in [1.807, 2.05) is 20.8 Å². The van der Waals surface area contributed by atoms with E-state index in [1.54, 1.807) is 6.07 Å². The van der Waals surface area contributed by atoms with E-state index in [1.165, 1.54) is 12.1 Å². The number of phenolic OH excluding ortho intramolecular Hbond substituents is 1. The molecule has 0 heterocycles. The van der Waals surface area contributed by atoms with Crippen LogP contribution >= 0.6 is 0 Å². The normalized spacial score (nSPS) is 11.1. The van der Waals surface area contributed by atoms with Crippen molar-refractivity contribution in [2.24, 2.45) is 5.41 Å². The number of rotatable bonds is 1. The lowest BCUT2D eigenvalue weighted by atomic mass is 9.95. The van der Waals surface area contributed by atoms with Gasteiger partial charge < -0.3 is 16.2 Å². The summed E-state index contributed by atoms with van der Waals surface area (Å²) in [6.45, 7) is 5.46. The van der Waals surface area contributed by atoms with E-state index in [0.717, 1.165) is 0 Å². The third-order valence-electron chi connectivity index (χ3n) is 1.96. The Bertz CT molecular complexity index is 381. The smallest absolute Gasteiger partial charge is 0.229 e. The molecule has 0 bridgehead atoms. The molecule has 0 aliphatic rings. The van der Waals surface area contributed by atoms with Crippen LogP contribution in [0.2, 0.25) is 0 Å². The van der Waals surface area contributed by atoms with Gasteiger partial charge in [0.25, 0.3) is 0 Å². The van der Waals surface area contributed by atoms with Crippen molar-refractivity contribution in [3.63, 3.8) is 0 Å². The number of aromatic hydroxyl groups is 1. The van der Waals surface area contributed by atoms with Crippen LogP contribution < -0.4 is 11.1 Å². The first-order valence-electron chi connectivity index (χ1n) is 4.70. The second kappa shape index (κ2) is 3.81. The molecule has 4 heteroatoms. The van der Waals surface area contributed by atoms with Gasteiger partial charge in [0.05, 0.1) is 11.4 Å². The molecule has 0 atom stereocenters. The molecule has 0 unspecified atom stereocenters. The van der Waals surface area contributed by atoms with E-state index in [-0.39, 0.29) is 11.7 Å². The highest BCUT2D eigenvalue weighted by Gasteiger charge is 2.21. The largest absolute Gasteiger partial charge is 0.508 e. The van der Waals surface area contributed by atoms with E-state index in [0.29, 0.717) is 11.4 Å². The van der Waals surface area contributed by atoms with Gasteiger partial charge >= 0.3 is 0 Å². The van der Waals surface area contributed by atoms with Crippen molar-refractivity contribution in [1.82, 2.24) is 0 Å². The third kappa shape index (κ3) is 2.87. The SMILES string of the molecule is CC(C)(C)C(=O)Nc1ccc(O)cc1N. The van der Waals surface area contributed by atoms with Gasteiger partial charge in [0.2, 0.25) is 5.91 Å². The maximum absolute atomic E-state index is 11.6. The lowest BCUT2D eigenvalue weighted by Gasteiger charge is -2.18. The number of hydrogen-bond acceptors (Lipinski definition) is 3. The summed E-state index contributed by atoms with van der Waals surface area (Å²) < 4.78 is 0. The molecular weight excluding hydrogens is 192 g/mol. The molecule has 0 spiro atoms. The van der Waals surface area contributed by atoms with Crippen LogP contribution in [0.5, 0.6) is 5.75 Å². The molecular formula is C11H16N2O2. The summed E-state index contributed by atoms with van der Waals surface area (Å²) in [4.78, 5) is 11.6. The third-order valence-corrected chi connectivity index (χ3v) is 1.96. The number of carbonyl (C=O) groups excluding carboxylic acids is 1. The van der Waals surface area contributed by atoms with Crippen LogP contribution in [-0.2, 0) is 4.79 Å². The Labute approximate surface area is 89.1 Å². The van der Waals surface area contributed by atoms with Gasteiger partial charge in [-0.05, 0) is 12.1 Å². The van der Waals surface area contributed by atoms with Crippen molar-refractivity contribution in [3.05, 3.63) is 18.2 Å². The molecule has 82 valence electrons. The van der Waals surface area contributed by atoms with Crippen LogP contribution in [0.15, 0.2) is 18.2 Å². The number of hydrogen-bond donors (Lipinski definition) is 3. The minimum atomic E-state index is -0.468. The Kier molecular flexibility index (Phi) is 2.88. The first-order chi connectivity index (χ1) is 6.80. The minimum Gasteiger partial charge on any atom is -0.508 e. The van der Waals surface area contributed by atoms with E-state index in [2.05, 4.69) is 5.32 Å². The Morgan fingerprint density at radius 2 is 2.00 bits per heavy atom. The molecule has 1 amide bonds. The quantitative estimate of drug-likeness (QED) is 0.487. The number of anilines is 2. The zero-order chi connectivity index (χ0) is 11.6. The molecule has 0 saturated heterocycles. The van der Waals surface area contributed by atoms with E-state index >= 15 is 0 Å². The molecule has 1 rings (SSSR count). The average molecular weight is 208 g/mol. The van der Waals surface area contributed by atoms with Crippen molar-refractivity contribution in [3.8, 4) is 5.75 Å². The molecule has 1 aromatic rings. The molecule has 1 aromatic carbocycles. The van der Waals surface area contributed by atoms with Crippen LogP contribution in [0.3, 0.4) is 0 Å². The molecule has 0 aliphatic carbocycles. The topological polar surface area (TPSA) is 75.3 Å². The van der Waals surface area contributed by atoms with Gasteiger partial charge in [-0.15, -0.1) is 0 Å². The molecule has 0 radical (unpaired) electrons. The number of nitrogens with one attached hydrogen (secondary N) is 1. The summed E-state index contributed by atoms with van der Waals surface area (Å²) in [6, 6.07) is 4.46. The lowest BCUT2D eigenvalue weighted by Crippen LogP contribution is -2.27. The maximum Gasteiger partial charge on any atom is 0.229 e. The summed E-state index contributed by atoms with van der Waals surface area (Å²) in [7, 11) is 0. The number of carbonyl (C=O) groups is 1. The molecule has 4 nitrogen and oxygen atoms in total. The molecule has 0 saturated carbocycles. The lowest BCUT2D eigenvalue weighted by molar-refractivity contribution is -0.123. The molecule has 0 fully saturated rings. The van der Waals surface area contributed by atoms with Gasteiger partial charge in [-0.1, -0.05) is 20.8 Å². The summed E-state index contributed by atoms with van der Waals surface area (Å²) in [5.74, 6) is -0.0267. The van der Waals surface area contributed by atoms with Crippen molar-refractivity contribution in [1.29, 1.82) is 0 Å². The van der Waals surface area contributed by atoms with E-state index in [9.17, 15) is 4.79 Å². The summed E-state index contributed by atoms with van der Waals surface area (Å²) in [5.41, 5.74) is 6.05. The predicted molar refractivity (Wildman–Crippen MR) is 60.6 cm³/mol. The molecule has 4 N–H and O–H groups in total. The van der Waals surface area contributed by atoms with Crippen LogP contribution in [0.1, 0.15) is 20.8 Å². The van der Waals surface area contributed by atoms with Gasteiger partial charge in [0.15, 0.2) is 0 Å². The Hall–Kier alpha value is -1.71. The fraction of sp³-hybridized carbons (Fsp3) is 0.364. The summed E-state index contributed by atoms with van der Waals surface area (Å²) in [5, 5.41) is 11.8. The Morgan fingerprint density at radius 3 is 2.47 bits per heavy atom. The van der Waals surface area contributed by atoms with Crippen LogP contribution in [0.25, 0.3) is 0 Å². The maximum atomic E-state index is 11.6. The monoisotopic (exact) mass is 208 g/mol. The van der Waals surface area contributed by atoms with Gasteiger partial charge in [-0.2, -0.15) is 0 Å². The average Bonchev–Trinajstić information content (AvgIpc) is 2.08. The van der Waals surface area contributed by atoms with Crippen molar-refractivity contribution in [2.75, 3.05) is 11.1 Å². The fourth-order valence-electron chi connectivity index (χ4n) is 0.974. The summed E-state index contributed by atoms with van der Waals surface area (Å²) >= 11 is 0. The highest BCUT2D eigenvalue weighted by Crippen LogP contribution is 2.25. The second-order valence-corrected chi connectivity index (χ2v) is 4.48. The van der Waals surface area contributed by atoms with Gasteiger partial charge in [0, 0.05) is 11.5 Å². The number of amides is 1. The number of nitrogens with two attached hydrogens (primary N) is 1. The van der Waals surface area contributed by atoms with Gasteiger partial charge in [-0.25, -0.2) is 0 Å². The number of benzene rings is 1. The van der Waals surface area contributed by atoms with Crippen LogP contribution in [0, 0.1) is 5.41 Å². The van der Waals surface area contributed by atoms with Crippen LogP contribution in [-0.4, -0.2) is 11.0 Å². The van der Waals surface area contributed by atoms with Crippen molar-refractivity contribution in [2.45, 2.75) is 20.8 Å². The van der Waals surface area contributed by atoms with Gasteiger partial charge in [0.1, 0.15) is 5.75 Å². The standard InChI is InChI=1S/C11H16N2O2/c1-11(2,3)10(15)13-9-5-4-7(14)6-8(9)12/h4-6,14H,12H2,1-3H3,(H,13,15). The van der Waals surface area contributed by atoms with Crippen LogP contribution in [0.4, 0.5) is 11.4 Å². The first kappa shape index (κ1) is 11.4. The van der Waals surface area contributed by atoms with Gasteiger partial charge in [-0.3, -0.25) is 4.79 Å². The zero-order valence-corrected chi connectivity index (χ0v) is 9.16.